The summed E-state index contributed by atoms with van der Waals surface area (Å²) in [7, 11) is 0. The molecule has 5 heteroatoms. The molecule has 2 rings (SSSR count). The normalized spacial score (nSPS) is 18.8. The summed E-state index contributed by atoms with van der Waals surface area (Å²) in [6.07, 6.45) is 7.14. The molecular weight excluding hydrogens is 250 g/mol. The van der Waals surface area contributed by atoms with E-state index in [4.69, 9.17) is 17.3 Å². The molecular formula is C13H20ClN3O. The molecule has 100 valence electrons. The second-order valence-electron chi connectivity index (χ2n) is 5.11. The van der Waals surface area contributed by atoms with Gasteiger partial charge in [-0.15, -0.1) is 0 Å². The predicted octanol–water partition coefficient (Wildman–Crippen LogP) is 2.79. The number of hydrogen-bond donors (Lipinski definition) is 1. The molecule has 1 fully saturated rings. The third kappa shape index (κ3) is 2.45. The highest BCUT2D eigenvalue weighted by Crippen LogP contribution is 2.31. The van der Waals surface area contributed by atoms with E-state index in [2.05, 4.69) is 5.10 Å². The van der Waals surface area contributed by atoms with E-state index in [0.29, 0.717) is 17.3 Å². The summed E-state index contributed by atoms with van der Waals surface area (Å²) in [6, 6.07) is 0. The summed E-state index contributed by atoms with van der Waals surface area (Å²) in [5.74, 6) is -0.0434. The molecule has 1 saturated carbocycles. The summed E-state index contributed by atoms with van der Waals surface area (Å²) >= 11 is 6.10. The summed E-state index contributed by atoms with van der Waals surface area (Å²) in [5, 5.41) is 4.58. The number of Topliss-reactive ketones (excluding diaryl/α,β-unsaturated/α-hetero) is 1. The van der Waals surface area contributed by atoms with Crippen molar-refractivity contribution in [3.05, 3.63) is 16.9 Å². The maximum Gasteiger partial charge on any atom is 0.202 e. The Morgan fingerprint density at radius 3 is 2.78 bits per heavy atom. The molecule has 0 spiro atoms. The molecule has 2 N–H and O–H groups in total. The van der Waals surface area contributed by atoms with E-state index in [1.165, 1.54) is 6.20 Å². The van der Waals surface area contributed by atoms with Crippen molar-refractivity contribution in [3.63, 3.8) is 0 Å². The van der Waals surface area contributed by atoms with Crippen molar-refractivity contribution < 1.29 is 4.79 Å². The number of carbonyl (C=O) groups is 1. The number of aryl methyl sites for hydroxylation is 1. The van der Waals surface area contributed by atoms with Gasteiger partial charge in [-0.2, -0.15) is 5.10 Å². The molecule has 0 saturated heterocycles. The molecule has 0 unspecified atom stereocenters. The Labute approximate surface area is 112 Å². The van der Waals surface area contributed by atoms with Gasteiger partial charge in [-0.05, 0) is 19.3 Å². The molecule has 1 aliphatic carbocycles. The summed E-state index contributed by atoms with van der Waals surface area (Å²) in [6.45, 7) is 2.74. The number of ketones is 1. The fourth-order valence-electron chi connectivity index (χ4n) is 2.62. The molecule has 1 aliphatic rings. The van der Waals surface area contributed by atoms with Crippen molar-refractivity contribution in [1.82, 2.24) is 9.78 Å². The molecule has 0 atom stereocenters. The van der Waals surface area contributed by atoms with Crippen molar-refractivity contribution in [3.8, 4) is 0 Å². The minimum atomic E-state index is -0.743. The Kier molecular flexibility index (Phi) is 4.07. The van der Waals surface area contributed by atoms with Gasteiger partial charge in [0.05, 0.1) is 16.8 Å². The Bertz CT molecular complexity index is 435. The molecule has 1 aromatic rings. The van der Waals surface area contributed by atoms with E-state index in [0.717, 1.165) is 38.5 Å². The van der Waals surface area contributed by atoms with Crippen molar-refractivity contribution in [1.29, 1.82) is 0 Å². The van der Waals surface area contributed by atoms with Crippen molar-refractivity contribution in [2.45, 2.75) is 57.5 Å². The van der Waals surface area contributed by atoms with E-state index in [1.54, 1.807) is 4.68 Å². The Hall–Kier alpha value is -0.870. The minimum absolute atomic E-state index is 0.0434. The molecule has 4 nitrogen and oxygen atoms in total. The first-order chi connectivity index (χ1) is 8.58. The molecule has 0 aliphatic heterocycles. The van der Waals surface area contributed by atoms with Gasteiger partial charge in [0.2, 0.25) is 5.78 Å². The smallest absolute Gasteiger partial charge is 0.202 e. The van der Waals surface area contributed by atoms with Crippen LogP contribution in [0.2, 0.25) is 5.02 Å². The van der Waals surface area contributed by atoms with E-state index in [1.807, 2.05) is 6.92 Å². The summed E-state index contributed by atoms with van der Waals surface area (Å²) < 4.78 is 1.69. The zero-order valence-corrected chi connectivity index (χ0v) is 11.5. The number of rotatable bonds is 4. The van der Waals surface area contributed by atoms with E-state index in [-0.39, 0.29) is 5.78 Å². The van der Waals surface area contributed by atoms with Gasteiger partial charge in [0, 0.05) is 6.54 Å². The highest BCUT2D eigenvalue weighted by Gasteiger charge is 2.38. The van der Waals surface area contributed by atoms with Crippen LogP contribution in [0.15, 0.2) is 6.20 Å². The van der Waals surface area contributed by atoms with Crippen LogP contribution in [0.4, 0.5) is 0 Å². The van der Waals surface area contributed by atoms with Crippen LogP contribution in [-0.4, -0.2) is 21.1 Å². The first-order valence-electron chi connectivity index (χ1n) is 6.63. The fourth-order valence-corrected chi connectivity index (χ4v) is 2.84. The summed E-state index contributed by atoms with van der Waals surface area (Å²) in [4.78, 5) is 12.6. The van der Waals surface area contributed by atoms with Gasteiger partial charge < -0.3 is 5.73 Å². The lowest BCUT2D eigenvalue weighted by atomic mass is 9.78. The lowest BCUT2D eigenvalue weighted by Gasteiger charge is -2.31. The Balaban J connectivity index is 2.29. The van der Waals surface area contributed by atoms with Crippen molar-refractivity contribution in [2.24, 2.45) is 5.73 Å². The number of nitrogens with two attached hydrogens (primary N) is 1. The zero-order chi connectivity index (χ0) is 13.2. The van der Waals surface area contributed by atoms with Crippen LogP contribution in [0.1, 0.15) is 55.9 Å². The maximum absolute atomic E-state index is 12.6. The quantitative estimate of drug-likeness (QED) is 0.855. The van der Waals surface area contributed by atoms with E-state index in [9.17, 15) is 4.79 Å². The number of halogens is 1. The molecule has 0 radical (unpaired) electrons. The SMILES string of the molecule is CCCn1ncc(Cl)c1C(=O)C1(N)CCCCC1. The number of hydrogen-bond acceptors (Lipinski definition) is 3. The molecule has 18 heavy (non-hydrogen) atoms. The largest absolute Gasteiger partial charge is 0.319 e. The van der Waals surface area contributed by atoms with Crippen LogP contribution in [0.25, 0.3) is 0 Å². The highest BCUT2D eigenvalue weighted by atomic mass is 35.5. The Morgan fingerprint density at radius 1 is 1.50 bits per heavy atom. The van der Waals surface area contributed by atoms with Gasteiger partial charge in [0.1, 0.15) is 5.69 Å². The van der Waals surface area contributed by atoms with Crippen molar-refractivity contribution in [2.75, 3.05) is 0 Å². The van der Waals surface area contributed by atoms with Crippen molar-refractivity contribution >= 4 is 17.4 Å². The summed E-state index contributed by atoms with van der Waals surface area (Å²) in [5.41, 5.74) is 6.02. The predicted molar refractivity (Wildman–Crippen MR) is 71.9 cm³/mol. The van der Waals surface area contributed by atoms with Gasteiger partial charge in [-0.25, -0.2) is 0 Å². The van der Waals surface area contributed by atoms with Gasteiger partial charge in [-0.3, -0.25) is 9.48 Å². The third-order valence-corrected chi connectivity index (χ3v) is 3.92. The van der Waals surface area contributed by atoms with Gasteiger partial charge in [0.15, 0.2) is 0 Å². The number of aromatic nitrogens is 2. The molecule has 0 amide bonds. The molecule has 0 bridgehead atoms. The lowest BCUT2D eigenvalue weighted by Crippen LogP contribution is -2.50. The van der Waals surface area contributed by atoms with Gasteiger partial charge in [-0.1, -0.05) is 37.8 Å². The first-order valence-corrected chi connectivity index (χ1v) is 7.01. The van der Waals surface area contributed by atoms with Crippen LogP contribution in [-0.2, 0) is 6.54 Å². The maximum atomic E-state index is 12.6. The number of nitrogens with zero attached hydrogens (tertiary/aromatic N) is 2. The standard InChI is InChI=1S/C13H20ClN3O/c1-2-8-17-11(10(14)9-16-17)12(18)13(15)6-4-3-5-7-13/h9H,2-8,15H2,1H3. The molecule has 1 heterocycles. The Morgan fingerprint density at radius 2 is 2.17 bits per heavy atom. The lowest BCUT2D eigenvalue weighted by molar-refractivity contribution is 0.0836. The zero-order valence-electron chi connectivity index (χ0n) is 10.8. The average Bonchev–Trinajstić information content (AvgIpc) is 2.71. The van der Waals surface area contributed by atoms with Crippen LogP contribution < -0.4 is 5.73 Å². The highest BCUT2D eigenvalue weighted by molar-refractivity contribution is 6.34. The second-order valence-corrected chi connectivity index (χ2v) is 5.52. The molecule has 0 aromatic carbocycles. The third-order valence-electron chi connectivity index (χ3n) is 3.64. The first kappa shape index (κ1) is 13.6. The molecule has 1 aromatic heterocycles. The van der Waals surface area contributed by atoms with Crippen LogP contribution in [0, 0.1) is 0 Å². The minimum Gasteiger partial charge on any atom is -0.319 e. The fraction of sp³-hybridized carbons (Fsp3) is 0.692. The van der Waals surface area contributed by atoms with E-state index >= 15 is 0 Å². The number of carbonyl (C=O) groups excluding carboxylic acids is 1. The topological polar surface area (TPSA) is 60.9 Å². The second kappa shape index (κ2) is 5.41. The average molecular weight is 270 g/mol. The van der Waals surface area contributed by atoms with Crippen LogP contribution in [0.5, 0.6) is 0 Å². The van der Waals surface area contributed by atoms with Gasteiger partial charge in [0.25, 0.3) is 0 Å². The van der Waals surface area contributed by atoms with Crippen LogP contribution >= 0.6 is 11.6 Å². The van der Waals surface area contributed by atoms with E-state index < -0.39 is 5.54 Å². The van der Waals surface area contributed by atoms with Gasteiger partial charge >= 0.3 is 0 Å². The van der Waals surface area contributed by atoms with Crippen LogP contribution in [0.3, 0.4) is 0 Å². The monoisotopic (exact) mass is 269 g/mol.